The van der Waals surface area contributed by atoms with Crippen LogP contribution in [0.2, 0.25) is 0 Å². The van der Waals surface area contributed by atoms with Gasteiger partial charge in [0.2, 0.25) is 5.91 Å². The summed E-state index contributed by atoms with van der Waals surface area (Å²) in [7, 11) is 0. The smallest absolute Gasteiger partial charge is 0.235 e. The molecule has 1 saturated carbocycles. The number of hydrogen-bond acceptors (Lipinski definition) is 1. The number of para-hydroxylation sites is 1. The number of amides is 1. The molecule has 2 aromatic rings. The zero-order chi connectivity index (χ0) is 14.0. The Labute approximate surface area is 117 Å². The van der Waals surface area contributed by atoms with Crippen molar-refractivity contribution in [2.75, 3.05) is 5.32 Å². The van der Waals surface area contributed by atoms with E-state index < -0.39 is 11.2 Å². The fourth-order valence-electron chi connectivity index (χ4n) is 2.74. The van der Waals surface area contributed by atoms with Gasteiger partial charge in [0.15, 0.2) is 0 Å². The van der Waals surface area contributed by atoms with Gasteiger partial charge >= 0.3 is 0 Å². The topological polar surface area (TPSA) is 29.1 Å². The molecule has 1 fully saturated rings. The van der Waals surface area contributed by atoms with Gasteiger partial charge in [-0.3, -0.25) is 4.79 Å². The minimum atomic E-state index is -0.496. The van der Waals surface area contributed by atoms with Gasteiger partial charge in [0.25, 0.3) is 0 Å². The molecule has 1 amide bonds. The molecule has 0 bridgehead atoms. The van der Waals surface area contributed by atoms with E-state index in [1.165, 1.54) is 6.07 Å². The van der Waals surface area contributed by atoms with Crippen molar-refractivity contribution in [2.45, 2.75) is 24.7 Å². The summed E-state index contributed by atoms with van der Waals surface area (Å²) in [4.78, 5) is 12.6. The molecule has 0 radical (unpaired) electrons. The Kier molecular flexibility index (Phi) is 3.26. The van der Waals surface area contributed by atoms with E-state index in [1.54, 1.807) is 18.2 Å². The highest BCUT2D eigenvalue weighted by Crippen LogP contribution is 2.44. The maximum absolute atomic E-state index is 13.6. The summed E-state index contributed by atoms with van der Waals surface area (Å²) >= 11 is 0. The average Bonchev–Trinajstić information content (AvgIpc) is 2.41. The minimum absolute atomic E-state index is 0.111. The highest BCUT2D eigenvalue weighted by atomic mass is 19.1. The van der Waals surface area contributed by atoms with Gasteiger partial charge in [0, 0.05) is 0 Å². The van der Waals surface area contributed by atoms with Crippen molar-refractivity contribution < 1.29 is 9.18 Å². The zero-order valence-electron chi connectivity index (χ0n) is 11.1. The molecule has 1 aliphatic carbocycles. The molecular weight excluding hydrogens is 253 g/mol. The molecular formula is C17H16FNO. The minimum Gasteiger partial charge on any atom is -0.323 e. The van der Waals surface area contributed by atoms with Crippen molar-refractivity contribution in [1.82, 2.24) is 0 Å². The van der Waals surface area contributed by atoms with E-state index in [4.69, 9.17) is 0 Å². The Bertz CT molecular complexity index is 620. The van der Waals surface area contributed by atoms with Crippen LogP contribution in [-0.2, 0) is 10.2 Å². The summed E-state index contributed by atoms with van der Waals surface area (Å²) in [5.74, 6) is -0.511. The molecule has 102 valence electrons. The number of carbonyl (C=O) groups is 1. The van der Waals surface area contributed by atoms with Crippen LogP contribution in [0.5, 0.6) is 0 Å². The van der Waals surface area contributed by atoms with E-state index >= 15 is 0 Å². The van der Waals surface area contributed by atoms with E-state index in [2.05, 4.69) is 5.32 Å². The second kappa shape index (κ2) is 5.08. The quantitative estimate of drug-likeness (QED) is 0.900. The first-order valence-electron chi connectivity index (χ1n) is 6.84. The number of benzene rings is 2. The third-order valence-corrected chi connectivity index (χ3v) is 4.09. The molecule has 0 atom stereocenters. The van der Waals surface area contributed by atoms with Crippen LogP contribution in [0.4, 0.5) is 10.1 Å². The van der Waals surface area contributed by atoms with Crippen LogP contribution in [0.25, 0.3) is 0 Å². The zero-order valence-corrected chi connectivity index (χ0v) is 11.1. The number of hydrogen-bond donors (Lipinski definition) is 1. The highest BCUT2D eigenvalue weighted by Gasteiger charge is 2.45. The molecule has 1 aliphatic rings. The summed E-state index contributed by atoms with van der Waals surface area (Å²) in [5, 5.41) is 2.74. The van der Waals surface area contributed by atoms with Crippen LogP contribution in [0.15, 0.2) is 54.6 Å². The molecule has 0 aliphatic heterocycles. The van der Waals surface area contributed by atoms with E-state index in [9.17, 15) is 9.18 Å². The van der Waals surface area contributed by atoms with Crippen molar-refractivity contribution in [3.8, 4) is 0 Å². The summed E-state index contributed by atoms with van der Waals surface area (Å²) in [6.45, 7) is 0. The SMILES string of the molecule is O=C(Nc1ccccc1F)C1(c2ccccc2)CCC1. The van der Waals surface area contributed by atoms with Crippen LogP contribution < -0.4 is 5.32 Å². The lowest BCUT2D eigenvalue weighted by molar-refractivity contribution is -0.124. The lowest BCUT2D eigenvalue weighted by Gasteiger charge is -2.40. The first kappa shape index (κ1) is 12.9. The third kappa shape index (κ3) is 2.09. The van der Waals surface area contributed by atoms with E-state index in [0.717, 1.165) is 24.8 Å². The van der Waals surface area contributed by atoms with Gasteiger partial charge in [0.1, 0.15) is 5.82 Å². The second-order valence-electron chi connectivity index (χ2n) is 5.24. The summed E-state index contributed by atoms with van der Waals surface area (Å²) in [5.41, 5.74) is 0.767. The van der Waals surface area contributed by atoms with Crippen molar-refractivity contribution in [3.63, 3.8) is 0 Å². The molecule has 2 aromatic carbocycles. The molecule has 2 nitrogen and oxygen atoms in total. The first-order valence-corrected chi connectivity index (χ1v) is 6.84. The monoisotopic (exact) mass is 269 g/mol. The van der Waals surface area contributed by atoms with E-state index in [1.807, 2.05) is 30.3 Å². The maximum atomic E-state index is 13.6. The molecule has 0 spiro atoms. The molecule has 0 aromatic heterocycles. The van der Waals surface area contributed by atoms with Gasteiger partial charge in [-0.1, -0.05) is 48.9 Å². The van der Waals surface area contributed by atoms with Gasteiger partial charge in [-0.2, -0.15) is 0 Å². The highest BCUT2D eigenvalue weighted by molar-refractivity contribution is 6.00. The number of anilines is 1. The van der Waals surface area contributed by atoms with Gasteiger partial charge in [-0.25, -0.2) is 4.39 Å². The Balaban J connectivity index is 1.87. The van der Waals surface area contributed by atoms with Crippen LogP contribution in [0.3, 0.4) is 0 Å². The summed E-state index contributed by atoms with van der Waals surface area (Å²) in [6, 6.07) is 16.0. The van der Waals surface area contributed by atoms with Crippen LogP contribution >= 0.6 is 0 Å². The number of carbonyl (C=O) groups excluding carboxylic acids is 1. The fourth-order valence-corrected chi connectivity index (χ4v) is 2.74. The van der Waals surface area contributed by atoms with Gasteiger partial charge in [-0.15, -0.1) is 0 Å². The van der Waals surface area contributed by atoms with Crippen molar-refractivity contribution in [1.29, 1.82) is 0 Å². The summed E-state index contributed by atoms with van der Waals surface area (Å²) in [6.07, 6.45) is 2.66. The van der Waals surface area contributed by atoms with E-state index in [0.29, 0.717) is 0 Å². The number of rotatable bonds is 3. The second-order valence-corrected chi connectivity index (χ2v) is 5.24. The molecule has 0 heterocycles. The molecule has 0 unspecified atom stereocenters. The van der Waals surface area contributed by atoms with Crippen LogP contribution in [0, 0.1) is 5.82 Å². The Morgan fingerprint density at radius 3 is 2.25 bits per heavy atom. The fraction of sp³-hybridized carbons (Fsp3) is 0.235. The lowest BCUT2D eigenvalue weighted by atomic mass is 9.64. The molecule has 3 heteroatoms. The number of halogens is 1. The summed E-state index contributed by atoms with van der Waals surface area (Å²) < 4.78 is 13.6. The predicted octanol–water partition coefficient (Wildman–Crippen LogP) is 3.89. The Morgan fingerprint density at radius 1 is 1.00 bits per heavy atom. The lowest BCUT2D eigenvalue weighted by Crippen LogP contribution is -2.46. The molecule has 0 saturated heterocycles. The average molecular weight is 269 g/mol. The van der Waals surface area contributed by atoms with Gasteiger partial charge < -0.3 is 5.32 Å². The van der Waals surface area contributed by atoms with Crippen molar-refractivity contribution in [3.05, 3.63) is 66.0 Å². The van der Waals surface area contributed by atoms with E-state index in [-0.39, 0.29) is 11.6 Å². The molecule has 20 heavy (non-hydrogen) atoms. The van der Waals surface area contributed by atoms with Crippen LogP contribution in [-0.4, -0.2) is 5.91 Å². The first-order chi connectivity index (χ1) is 9.72. The van der Waals surface area contributed by atoms with Gasteiger partial charge in [-0.05, 0) is 30.5 Å². The predicted molar refractivity (Wildman–Crippen MR) is 77.0 cm³/mol. The Hall–Kier alpha value is -2.16. The van der Waals surface area contributed by atoms with Crippen molar-refractivity contribution >= 4 is 11.6 Å². The standard InChI is InChI=1S/C17H16FNO/c18-14-9-4-5-10-15(14)19-16(20)17(11-6-12-17)13-7-2-1-3-8-13/h1-5,7-10H,6,11-12H2,(H,19,20). The van der Waals surface area contributed by atoms with Crippen LogP contribution in [0.1, 0.15) is 24.8 Å². The molecule has 1 N–H and O–H groups in total. The normalized spacial score (nSPS) is 16.2. The van der Waals surface area contributed by atoms with Gasteiger partial charge in [0.05, 0.1) is 11.1 Å². The van der Waals surface area contributed by atoms with Crippen molar-refractivity contribution in [2.24, 2.45) is 0 Å². The largest absolute Gasteiger partial charge is 0.323 e. The molecule has 3 rings (SSSR count). The maximum Gasteiger partial charge on any atom is 0.235 e. The number of nitrogens with one attached hydrogen (secondary N) is 1. The third-order valence-electron chi connectivity index (χ3n) is 4.09. The Morgan fingerprint density at radius 2 is 1.65 bits per heavy atom.